The number of aryl methyl sites for hydroxylation is 2. The third kappa shape index (κ3) is 2.40. The van der Waals surface area contributed by atoms with Crippen LogP contribution in [0.25, 0.3) is 11.0 Å². The highest BCUT2D eigenvalue weighted by molar-refractivity contribution is 6.05. The number of piperidine rings is 1. The molecule has 4 rings (SSSR count). The number of carbonyl (C=O) groups excluding carboxylic acids is 1. The minimum absolute atomic E-state index is 0.0290. The molecule has 0 bridgehead atoms. The molecule has 7 nitrogen and oxygen atoms in total. The van der Waals surface area contributed by atoms with E-state index in [1.807, 2.05) is 24.9 Å². The van der Waals surface area contributed by atoms with Crippen LogP contribution < -0.4 is 0 Å². The molecule has 4 heterocycles. The average molecular weight is 316 g/mol. The van der Waals surface area contributed by atoms with Crippen LogP contribution in [0.4, 0.5) is 0 Å². The number of fused-ring (bicyclic) bond motifs is 1. The Morgan fingerprint density at radius 1 is 1.26 bits per heavy atom. The molecule has 0 N–H and O–H groups in total. The van der Waals surface area contributed by atoms with Gasteiger partial charge in [0.05, 0.1) is 30.4 Å². The monoisotopic (exact) mass is 316 g/mol. The Bertz CT molecular complexity index is 754. The summed E-state index contributed by atoms with van der Waals surface area (Å²) < 4.78 is 13.1. The first-order valence-electron chi connectivity index (χ1n) is 7.95. The SMILES string of the molecule is Cc1cc(C(=O)N2CCC3(CC2)OCCO3)c2cnn(C)c2n1. The fourth-order valence-corrected chi connectivity index (χ4v) is 3.42. The molecular formula is C16H20N4O3. The summed E-state index contributed by atoms with van der Waals surface area (Å²) in [6.45, 7) is 4.47. The molecule has 7 heteroatoms. The van der Waals surface area contributed by atoms with Gasteiger partial charge in [-0.05, 0) is 13.0 Å². The van der Waals surface area contributed by atoms with E-state index in [0.717, 1.165) is 29.6 Å². The van der Waals surface area contributed by atoms with Crippen LogP contribution in [-0.4, -0.2) is 57.7 Å². The molecule has 2 aromatic heterocycles. The fraction of sp³-hybridized carbons (Fsp3) is 0.562. The Kier molecular flexibility index (Phi) is 3.35. The van der Waals surface area contributed by atoms with Crippen molar-refractivity contribution in [3.8, 4) is 0 Å². The lowest BCUT2D eigenvalue weighted by atomic mass is 10.0. The zero-order valence-corrected chi connectivity index (χ0v) is 13.4. The number of aromatic nitrogens is 3. The van der Waals surface area contributed by atoms with Gasteiger partial charge in [0.1, 0.15) is 0 Å². The number of likely N-dealkylation sites (tertiary alicyclic amines) is 1. The second-order valence-corrected chi connectivity index (χ2v) is 6.22. The van der Waals surface area contributed by atoms with Crippen molar-refractivity contribution in [3.05, 3.63) is 23.5 Å². The van der Waals surface area contributed by atoms with Crippen LogP contribution in [0.5, 0.6) is 0 Å². The number of rotatable bonds is 1. The van der Waals surface area contributed by atoms with Crippen LogP contribution in [0.3, 0.4) is 0 Å². The van der Waals surface area contributed by atoms with Gasteiger partial charge in [-0.1, -0.05) is 0 Å². The number of pyridine rings is 1. The molecular weight excluding hydrogens is 296 g/mol. The van der Waals surface area contributed by atoms with Crippen molar-refractivity contribution in [1.82, 2.24) is 19.7 Å². The van der Waals surface area contributed by atoms with Gasteiger partial charge in [-0.15, -0.1) is 0 Å². The van der Waals surface area contributed by atoms with E-state index in [4.69, 9.17) is 9.47 Å². The predicted octanol–water partition coefficient (Wildman–Crippen LogP) is 1.26. The van der Waals surface area contributed by atoms with Crippen molar-refractivity contribution in [2.75, 3.05) is 26.3 Å². The van der Waals surface area contributed by atoms with Crippen molar-refractivity contribution < 1.29 is 14.3 Å². The zero-order chi connectivity index (χ0) is 16.0. The smallest absolute Gasteiger partial charge is 0.254 e. The normalized spacial score (nSPS) is 20.5. The average Bonchev–Trinajstić information content (AvgIpc) is 3.15. The van der Waals surface area contributed by atoms with Crippen molar-refractivity contribution in [3.63, 3.8) is 0 Å². The van der Waals surface area contributed by atoms with Crippen LogP contribution >= 0.6 is 0 Å². The highest BCUT2D eigenvalue weighted by atomic mass is 16.7. The Morgan fingerprint density at radius 2 is 1.96 bits per heavy atom. The molecule has 0 radical (unpaired) electrons. The van der Waals surface area contributed by atoms with E-state index in [1.54, 1.807) is 10.9 Å². The van der Waals surface area contributed by atoms with Gasteiger partial charge in [-0.2, -0.15) is 5.10 Å². The molecule has 23 heavy (non-hydrogen) atoms. The summed E-state index contributed by atoms with van der Waals surface area (Å²) >= 11 is 0. The minimum Gasteiger partial charge on any atom is -0.347 e. The lowest BCUT2D eigenvalue weighted by Gasteiger charge is -2.37. The maximum atomic E-state index is 13.0. The van der Waals surface area contributed by atoms with Gasteiger partial charge in [-0.3, -0.25) is 9.48 Å². The summed E-state index contributed by atoms with van der Waals surface area (Å²) in [4.78, 5) is 19.3. The molecule has 0 unspecified atom stereocenters. The standard InChI is InChI=1S/C16H20N4O3/c1-11-9-12(13-10-17-19(2)14(13)18-11)15(21)20-5-3-16(4-6-20)22-7-8-23-16/h9-10H,3-8H2,1-2H3. The molecule has 122 valence electrons. The summed E-state index contributed by atoms with van der Waals surface area (Å²) in [7, 11) is 1.84. The fourth-order valence-electron chi connectivity index (χ4n) is 3.42. The minimum atomic E-state index is -0.464. The van der Waals surface area contributed by atoms with E-state index < -0.39 is 5.79 Å². The van der Waals surface area contributed by atoms with Gasteiger partial charge in [0.15, 0.2) is 11.4 Å². The van der Waals surface area contributed by atoms with Crippen LogP contribution in [0.1, 0.15) is 28.9 Å². The Labute approximate surface area is 134 Å². The molecule has 2 aliphatic heterocycles. The predicted molar refractivity (Wildman–Crippen MR) is 83.0 cm³/mol. The van der Waals surface area contributed by atoms with Crippen LogP contribution in [0.15, 0.2) is 12.3 Å². The highest BCUT2D eigenvalue weighted by Crippen LogP contribution is 2.32. The first kappa shape index (κ1) is 14.6. The highest BCUT2D eigenvalue weighted by Gasteiger charge is 2.41. The largest absolute Gasteiger partial charge is 0.347 e. The van der Waals surface area contributed by atoms with Gasteiger partial charge in [0.25, 0.3) is 5.91 Å². The molecule has 2 saturated heterocycles. The van der Waals surface area contributed by atoms with E-state index >= 15 is 0 Å². The van der Waals surface area contributed by atoms with Crippen LogP contribution in [0.2, 0.25) is 0 Å². The second kappa shape index (κ2) is 5.28. The summed E-state index contributed by atoms with van der Waals surface area (Å²) in [6, 6.07) is 1.85. The van der Waals surface area contributed by atoms with Crippen molar-refractivity contribution >= 4 is 16.9 Å². The maximum absolute atomic E-state index is 13.0. The van der Waals surface area contributed by atoms with Crippen LogP contribution in [-0.2, 0) is 16.5 Å². The number of carbonyl (C=O) groups is 1. The van der Waals surface area contributed by atoms with E-state index in [2.05, 4.69) is 10.1 Å². The number of hydrogen-bond donors (Lipinski definition) is 0. The molecule has 0 aliphatic carbocycles. The molecule has 2 fully saturated rings. The van der Waals surface area contributed by atoms with Crippen molar-refractivity contribution in [1.29, 1.82) is 0 Å². The van der Waals surface area contributed by atoms with Gasteiger partial charge in [0, 0.05) is 38.7 Å². The third-order valence-corrected chi connectivity index (χ3v) is 4.69. The first-order chi connectivity index (χ1) is 11.1. The molecule has 0 atom stereocenters. The number of ether oxygens (including phenoxy) is 2. The van der Waals surface area contributed by atoms with E-state index in [9.17, 15) is 4.79 Å². The number of hydrogen-bond acceptors (Lipinski definition) is 5. The summed E-state index contributed by atoms with van der Waals surface area (Å²) in [6.07, 6.45) is 3.15. The van der Waals surface area contributed by atoms with E-state index in [-0.39, 0.29) is 5.91 Å². The quantitative estimate of drug-likeness (QED) is 0.792. The Morgan fingerprint density at radius 3 is 2.65 bits per heavy atom. The third-order valence-electron chi connectivity index (χ3n) is 4.69. The summed E-state index contributed by atoms with van der Waals surface area (Å²) in [5.41, 5.74) is 2.23. The second-order valence-electron chi connectivity index (χ2n) is 6.22. The summed E-state index contributed by atoms with van der Waals surface area (Å²) in [5, 5.41) is 5.03. The van der Waals surface area contributed by atoms with Gasteiger partial charge >= 0.3 is 0 Å². The molecule has 1 spiro atoms. The molecule has 2 aliphatic rings. The zero-order valence-electron chi connectivity index (χ0n) is 13.4. The first-order valence-corrected chi connectivity index (χ1v) is 7.95. The molecule has 1 amide bonds. The Balaban J connectivity index is 1.60. The van der Waals surface area contributed by atoms with Crippen molar-refractivity contribution in [2.45, 2.75) is 25.6 Å². The van der Waals surface area contributed by atoms with Gasteiger partial charge in [-0.25, -0.2) is 4.98 Å². The van der Waals surface area contributed by atoms with Gasteiger partial charge in [0.2, 0.25) is 0 Å². The van der Waals surface area contributed by atoms with Gasteiger partial charge < -0.3 is 14.4 Å². The number of amides is 1. The van der Waals surface area contributed by atoms with E-state index in [1.165, 1.54) is 0 Å². The molecule has 2 aromatic rings. The van der Waals surface area contributed by atoms with Crippen molar-refractivity contribution in [2.24, 2.45) is 7.05 Å². The molecule has 0 saturated carbocycles. The van der Waals surface area contributed by atoms with Crippen LogP contribution in [0, 0.1) is 6.92 Å². The maximum Gasteiger partial charge on any atom is 0.254 e. The lowest BCUT2D eigenvalue weighted by molar-refractivity contribution is -0.181. The Hall–Kier alpha value is -1.99. The topological polar surface area (TPSA) is 69.5 Å². The van der Waals surface area contributed by atoms with E-state index in [0.29, 0.717) is 31.9 Å². The molecule has 0 aromatic carbocycles. The number of nitrogens with zero attached hydrogens (tertiary/aromatic N) is 4. The summed E-state index contributed by atoms with van der Waals surface area (Å²) in [5.74, 6) is -0.435. The lowest BCUT2D eigenvalue weighted by Crippen LogP contribution is -2.47.